The molecule has 7 nitrogen and oxygen atoms in total. The Labute approximate surface area is 183 Å². The Kier molecular flexibility index (Phi) is 8.32. The van der Waals surface area contributed by atoms with Crippen LogP contribution in [0.2, 0.25) is 0 Å². The van der Waals surface area contributed by atoms with Crippen molar-refractivity contribution < 1.29 is 23.7 Å². The molecule has 1 fully saturated rings. The zero-order valence-electron chi connectivity index (χ0n) is 18.3. The predicted molar refractivity (Wildman–Crippen MR) is 120 cm³/mol. The van der Waals surface area contributed by atoms with Crippen LogP contribution in [0.25, 0.3) is 6.08 Å². The van der Waals surface area contributed by atoms with Gasteiger partial charge in [0.2, 0.25) is 11.7 Å². The van der Waals surface area contributed by atoms with E-state index in [1.165, 1.54) is 11.6 Å². The van der Waals surface area contributed by atoms with Crippen LogP contribution in [0.3, 0.4) is 0 Å². The number of benzene rings is 2. The monoisotopic (exact) mass is 426 g/mol. The van der Waals surface area contributed by atoms with E-state index in [0.717, 1.165) is 18.7 Å². The molecule has 2 aromatic rings. The summed E-state index contributed by atoms with van der Waals surface area (Å²) in [7, 11) is 4.68. The van der Waals surface area contributed by atoms with Gasteiger partial charge in [0.05, 0.1) is 40.6 Å². The molecule has 1 saturated heterocycles. The Bertz CT molecular complexity index is 854. The van der Waals surface area contributed by atoms with Crippen LogP contribution in [0, 0.1) is 0 Å². The van der Waals surface area contributed by atoms with Gasteiger partial charge in [-0.3, -0.25) is 9.69 Å². The molecular weight excluding hydrogens is 396 g/mol. The third-order valence-electron chi connectivity index (χ3n) is 5.25. The first-order valence-corrected chi connectivity index (χ1v) is 10.3. The molecule has 3 rings (SSSR count). The lowest BCUT2D eigenvalue weighted by Gasteiger charge is -2.34. The predicted octanol–water partition coefficient (Wildman–Crippen LogP) is 2.92. The fourth-order valence-corrected chi connectivity index (χ4v) is 3.65. The lowest BCUT2D eigenvalue weighted by molar-refractivity contribution is -0.116. The minimum absolute atomic E-state index is 0.101. The van der Waals surface area contributed by atoms with Crippen LogP contribution in [0.5, 0.6) is 17.2 Å². The maximum atomic E-state index is 12.5. The van der Waals surface area contributed by atoms with Crippen molar-refractivity contribution in [3.8, 4) is 17.2 Å². The van der Waals surface area contributed by atoms with Gasteiger partial charge in [-0.15, -0.1) is 0 Å². The first-order valence-electron chi connectivity index (χ1n) is 10.3. The molecule has 31 heavy (non-hydrogen) atoms. The number of hydrogen-bond donors (Lipinski definition) is 1. The largest absolute Gasteiger partial charge is 0.493 e. The molecule has 1 heterocycles. The number of carbonyl (C=O) groups excluding carboxylic acids is 1. The van der Waals surface area contributed by atoms with Crippen molar-refractivity contribution >= 4 is 12.0 Å². The van der Waals surface area contributed by atoms with Crippen molar-refractivity contribution in [2.45, 2.75) is 6.04 Å². The van der Waals surface area contributed by atoms with E-state index in [2.05, 4.69) is 22.3 Å². The van der Waals surface area contributed by atoms with E-state index >= 15 is 0 Å². The van der Waals surface area contributed by atoms with Crippen LogP contribution < -0.4 is 19.5 Å². The fourth-order valence-electron chi connectivity index (χ4n) is 3.65. The molecule has 0 spiro atoms. The van der Waals surface area contributed by atoms with Crippen LogP contribution in [-0.2, 0) is 9.53 Å². The first kappa shape index (κ1) is 22.7. The van der Waals surface area contributed by atoms with Crippen molar-refractivity contribution in [3.63, 3.8) is 0 Å². The molecule has 1 amide bonds. The summed E-state index contributed by atoms with van der Waals surface area (Å²) in [5.41, 5.74) is 1.95. The summed E-state index contributed by atoms with van der Waals surface area (Å²) in [5.74, 6) is 1.43. The van der Waals surface area contributed by atoms with Gasteiger partial charge in [0.15, 0.2) is 11.5 Å². The van der Waals surface area contributed by atoms with E-state index in [-0.39, 0.29) is 11.9 Å². The molecule has 0 bridgehead atoms. The quantitative estimate of drug-likeness (QED) is 0.622. The standard InChI is InChI=1S/C24H30N2O5/c1-28-21-15-18(16-22(29-2)24(21)30-3)9-10-23(27)25-17-20(19-7-5-4-6-8-19)26-11-13-31-14-12-26/h4-10,15-16,20H,11-14,17H2,1-3H3,(H,25,27). The molecular formula is C24H30N2O5. The van der Waals surface area contributed by atoms with Crippen molar-refractivity contribution in [2.24, 2.45) is 0 Å². The fraction of sp³-hybridized carbons (Fsp3) is 0.375. The highest BCUT2D eigenvalue weighted by Crippen LogP contribution is 2.38. The van der Waals surface area contributed by atoms with Gasteiger partial charge in [-0.1, -0.05) is 30.3 Å². The summed E-state index contributed by atoms with van der Waals surface area (Å²) in [6.45, 7) is 3.62. The van der Waals surface area contributed by atoms with E-state index in [9.17, 15) is 4.79 Å². The number of amides is 1. The number of carbonyl (C=O) groups is 1. The second-order valence-corrected chi connectivity index (χ2v) is 7.11. The van der Waals surface area contributed by atoms with Gasteiger partial charge in [0.25, 0.3) is 0 Å². The molecule has 0 saturated carbocycles. The third kappa shape index (κ3) is 5.99. The van der Waals surface area contributed by atoms with E-state index in [0.29, 0.717) is 37.0 Å². The van der Waals surface area contributed by atoms with Gasteiger partial charge in [0.1, 0.15) is 0 Å². The summed E-state index contributed by atoms with van der Waals surface area (Å²) < 4.78 is 21.6. The van der Waals surface area contributed by atoms with Crippen LogP contribution in [0.15, 0.2) is 48.5 Å². The number of ether oxygens (including phenoxy) is 4. The number of methoxy groups -OCH3 is 3. The minimum Gasteiger partial charge on any atom is -0.493 e. The van der Waals surface area contributed by atoms with Gasteiger partial charge in [-0.05, 0) is 29.3 Å². The van der Waals surface area contributed by atoms with Crippen molar-refractivity contribution in [2.75, 3.05) is 54.2 Å². The molecule has 166 valence electrons. The Hall–Kier alpha value is -3.03. The lowest BCUT2D eigenvalue weighted by Crippen LogP contribution is -2.43. The molecule has 1 N–H and O–H groups in total. The minimum atomic E-state index is -0.164. The number of hydrogen-bond acceptors (Lipinski definition) is 6. The van der Waals surface area contributed by atoms with Crippen LogP contribution in [0.4, 0.5) is 0 Å². The SMILES string of the molecule is COc1cc(C=CC(=O)NCC(c2ccccc2)N2CCOCC2)cc(OC)c1OC. The van der Waals surface area contributed by atoms with Gasteiger partial charge in [0, 0.05) is 25.7 Å². The topological polar surface area (TPSA) is 69.3 Å². The summed E-state index contributed by atoms with van der Waals surface area (Å²) in [4.78, 5) is 14.9. The summed E-state index contributed by atoms with van der Waals surface area (Å²) in [6, 6.07) is 13.9. The van der Waals surface area contributed by atoms with Crippen LogP contribution in [0.1, 0.15) is 17.2 Å². The molecule has 0 radical (unpaired) electrons. The molecule has 1 unspecified atom stereocenters. The summed E-state index contributed by atoms with van der Waals surface area (Å²) in [5, 5.41) is 3.03. The smallest absolute Gasteiger partial charge is 0.244 e. The maximum Gasteiger partial charge on any atom is 0.244 e. The highest BCUT2D eigenvalue weighted by atomic mass is 16.5. The number of nitrogens with zero attached hydrogens (tertiary/aromatic N) is 1. The highest BCUT2D eigenvalue weighted by molar-refractivity contribution is 5.92. The molecule has 1 aliphatic heterocycles. The zero-order chi connectivity index (χ0) is 22.1. The Morgan fingerprint density at radius 3 is 2.29 bits per heavy atom. The van der Waals surface area contributed by atoms with E-state index in [1.54, 1.807) is 39.5 Å². The van der Waals surface area contributed by atoms with Crippen molar-refractivity contribution in [1.29, 1.82) is 0 Å². The number of nitrogens with one attached hydrogen (secondary N) is 1. The average molecular weight is 427 g/mol. The summed E-state index contributed by atoms with van der Waals surface area (Å²) >= 11 is 0. The zero-order valence-corrected chi connectivity index (χ0v) is 18.3. The maximum absolute atomic E-state index is 12.5. The van der Waals surface area contributed by atoms with Gasteiger partial charge >= 0.3 is 0 Å². The van der Waals surface area contributed by atoms with Crippen LogP contribution in [-0.4, -0.2) is 65.0 Å². The Morgan fingerprint density at radius 1 is 1.06 bits per heavy atom. The van der Waals surface area contributed by atoms with E-state index in [1.807, 2.05) is 18.2 Å². The molecule has 2 aromatic carbocycles. The van der Waals surface area contributed by atoms with Crippen LogP contribution >= 0.6 is 0 Å². The van der Waals surface area contributed by atoms with Gasteiger partial charge < -0.3 is 24.3 Å². The van der Waals surface area contributed by atoms with Gasteiger partial charge in [-0.25, -0.2) is 0 Å². The number of rotatable bonds is 9. The average Bonchev–Trinajstić information content (AvgIpc) is 2.83. The summed E-state index contributed by atoms with van der Waals surface area (Å²) in [6.07, 6.45) is 3.24. The molecule has 0 aromatic heterocycles. The highest BCUT2D eigenvalue weighted by Gasteiger charge is 2.22. The normalized spacial score (nSPS) is 15.5. The third-order valence-corrected chi connectivity index (χ3v) is 5.25. The van der Waals surface area contributed by atoms with E-state index in [4.69, 9.17) is 18.9 Å². The molecule has 0 aliphatic carbocycles. The second-order valence-electron chi connectivity index (χ2n) is 7.11. The van der Waals surface area contributed by atoms with E-state index < -0.39 is 0 Å². The number of morpholine rings is 1. The van der Waals surface area contributed by atoms with Crippen molar-refractivity contribution in [1.82, 2.24) is 10.2 Å². The Balaban J connectivity index is 1.68. The first-order chi connectivity index (χ1) is 15.2. The Morgan fingerprint density at radius 2 is 1.71 bits per heavy atom. The second kappa shape index (κ2) is 11.4. The molecule has 1 aliphatic rings. The molecule has 1 atom stereocenters. The lowest BCUT2D eigenvalue weighted by atomic mass is 10.0. The van der Waals surface area contributed by atoms with Crippen molar-refractivity contribution in [3.05, 3.63) is 59.7 Å². The molecule has 7 heteroatoms. The van der Waals surface area contributed by atoms with Gasteiger partial charge in [-0.2, -0.15) is 0 Å².